The Morgan fingerprint density at radius 3 is 2.44 bits per heavy atom. The largest absolute Gasteiger partial charge is 0.315 e. The van der Waals surface area contributed by atoms with Crippen molar-refractivity contribution in [1.82, 2.24) is 5.32 Å². The maximum Gasteiger partial charge on any atom is 0.0359 e. The van der Waals surface area contributed by atoms with Gasteiger partial charge in [-0.2, -0.15) is 0 Å². The van der Waals surface area contributed by atoms with Gasteiger partial charge < -0.3 is 5.32 Å². The van der Waals surface area contributed by atoms with Gasteiger partial charge in [0.1, 0.15) is 0 Å². The number of nitrogens with one attached hydrogen (secondary N) is 1. The smallest absolute Gasteiger partial charge is 0.0359 e. The van der Waals surface area contributed by atoms with Crippen molar-refractivity contribution in [2.45, 2.75) is 26.7 Å². The monoisotopic (exact) mass is 267 g/mol. The van der Waals surface area contributed by atoms with Crippen molar-refractivity contribution in [2.24, 2.45) is 5.92 Å². The van der Waals surface area contributed by atoms with Gasteiger partial charge in [0, 0.05) is 35.4 Å². The van der Waals surface area contributed by atoms with Gasteiger partial charge in [0.15, 0.2) is 0 Å². The van der Waals surface area contributed by atoms with Gasteiger partial charge in [-0.1, -0.05) is 51.1 Å². The molecule has 1 rings (SSSR count). The highest BCUT2D eigenvalue weighted by molar-refractivity contribution is 7.84. The molecule has 0 spiro atoms. The van der Waals surface area contributed by atoms with E-state index in [4.69, 9.17) is 0 Å². The average molecular weight is 267 g/mol. The van der Waals surface area contributed by atoms with Crippen LogP contribution in [0.2, 0.25) is 0 Å². The van der Waals surface area contributed by atoms with Crippen LogP contribution < -0.4 is 5.32 Å². The van der Waals surface area contributed by atoms with E-state index in [0.717, 1.165) is 24.6 Å². The van der Waals surface area contributed by atoms with Gasteiger partial charge in [0.05, 0.1) is 0 Å². The van der Waals surface area contributed by atoms with Crippen LogP contribution in [0.5, 0.6) is 0 Å². The maximum absolute atomic E-state index is 11.3. The SMILES string of the molecule is CCS(=O)CCNCC(c1ccccc1)C(C)C. The van der Waals surface area contributed by atoms with Crippen molar-refractivity contribution in [2.75, 3.05) is 24.6 Å². The van der Waals surface area contributed by atoms with Gasteiger partial charge in [-0.3, -0.25) is 4.21 Å². The molecule has 2 atom stereocenters. The van der Waals surface area contributed by atoms with Gasteiger partial charge in [-0.05, 0) is 17.4 Å². The number of hydrogen-bond acceptors (Lipinski definition) is 2. The lowest BCUT2D eigenvalue weighted by atomic mass is 9.88. The minimum Gasteiger partial charge on any atom is -0.315 e. The molecule has 1 aromatic carbocycles. The van der Waals surface area contributed by atoms with Crippen molar-refractivity contribution >= 4 is 10.8 Å². The van der Waals surface area contributed by atoms with Gasteiger partial charge in [-0.25, -0.2) is 0 Å². The van der Waals surface area contributed by atoms with E-state index in [2.05, 4.69) is 49.5 Å². The molecule has 0 aromatic heterocycles. The summed E-state index contributed by atoms with van der Waals surface area (Å²) >= 11 is 0. The molecular weight excluding hydrogens is 242 g/mol. The summed E-state index contributed by atoms with van der Waals surface area (Å²) in [6, 6.07) is 10.6. The van der Waals surface area contributed by atoms with E-state index in [0.29, 0.717) is 11.8 Å². The predicted octanol–water partition coefficient (Wildman–Crippen LogP) is 2.78. The Balaban J connectivity index is 2.43. The molecule has 0 aliphatic heterocycles. The lowest BCUT2D eigenvalue weighted by Crippen LogP contribution is -2.28. The molecule has 0 aliphatic carbocycles. The molecule has 0 amide bonds. The highest BCUT2D eigenvalue weighted by atomic mass is 32.2. The number of rotatable bonds is 8. The second-order valence-corrected chi connectivity index (χ2v) is 6.76. The normalized spacial score (nSPS) is 14.7. The molecule has 2 unspecified atom stereocenters. The Morgan fingerprint density at radius 1 is 1.22 bits per heavy atom. The zero-order chi connectivity index (χ0) is 13.4. The van der Waals surface area contributed by atoms with E-state index < -0.39 is 10.8 Å². The van der Waals surface area contributed by atoms with E-state index in [1.807, 2.05) is 6.92 Å². The first-order valence-electron chi connectivity index (χ1n) is 6.75. The minimum atomic E-state index is -0.659. The molecule has 0 heterocycles. The van der Waals surface area contributed by atoms with E-state index in [9.17, 15) is 4.21 Å². The van der Waals surface area contributed by atoms with Gasteiger partial charge in [-0.15, -0.1) is 0 Å². The molecule has 1 N–H and O–H groups in total. The van der Waals surface area contributed by atoms with Crippen molar-refractivity contribution in [3.8, 4) is 0 Å². The fourth-order valence-corrected chi connectivity index (χ4v) is 2.69. The van der Waals surface area contributed by atoms with Gasteiger partial charge >= 0.3 is 0 Å². The Labute approximate surface area is 114 Å². The highest BCUT2D eigenvalue weighted by Gasteiger charge is 2.14. The minimum absolute atomic E-state index is 0.529. The van der Waals surface area contributed by atoms with Crippen LogP contribution in [-0.2, 0) is 10.8 Å². The van der Waals surface area contributed by atoms with Crippen LogP contribution in [0.25, 0.3) is 0 Å². The highest BCUT2D eigenvalue weighted by Crippen LogP contribution is 2.23. The van der Waals surface area contributed by atoms with E-state index >= 15 is 0 Å². The van der Waals surface area contributed by atoms with Crippen LogP contribution in [0, 0.1) is 5.92 Å². The molecule has 0 radical (unpaired) electrons. The average Bonchev–Trinajstić information content (AvgIpc) is 2.38. The number of benzene rings is 1. The first kappa shape index (κ1) is 15.4. The third kappa shape index (κ3) is 5.32. The van der Waals surface area contributed by atoms with Crippen LogP contribution in [0.1, 0.15) is 32.3 Å². The van der Waals surface area contributed by atoms with Crippen LogP contribution in [0.4, 0.5) is 0 Å². The molecule has 0 saturated heterocycles. The Morgan fingerprint density at radius 2 is 1.89 bits per heavy atom. The van der Waals surface area contributed by atoms with Crippen molar-refractivity contribution in [1.29, 1.82) is 0 Å². The summed E-state index contributed by atoms with van der Waals surface area (Å²) in [5.74, 6) is 2.65. The van der Waals surface area contributed by atoms with E-state index in [1.165, 1.54) is 5.56 Å². The second kappa shape index (κ2) is 8.44. The van der Waals surface area contributed by atoms with Crippen molar-refractivity contribution in [3.63, 3.8) is 0 Å². The first-order valence-corrected chi connectivity index (χ1v) is 8.24. The summed E-state index contributed by atoms with van der Waals surface area (Å²) in [6.45, 7) is 8.28. The summed E-state index contributed by atoms with van der Waals surface area (Å²) in [6.07, 6.45) is 0. The van der Waals surface area contributed by atoms with Crippen molar-refractivity contribution in [3.05, 3.63) is 35.9 Å². The zero-order valence-corrected chi connectivity index (χ0v) is 12.5. The van der Waals surface area contributed by atoms with Gasteiger partial charge in [0.25, 0.3) is 0 Å². The standard InChI is InChI=1S/C15H25NOS/c1-4-18(17)11-10-16-12-15(13(2)3)14-8-6-5-7-9-14/h5-9,13,15-16H,4,10-12H2,1-3H3. The zero-order valence-electron chi connectivity index (χ0n) is 11.7. The van der Waals surface area contributed by atoms with Gasteiger partial charge in [0.2, 0.25) is 0 Å². The van der Waals surface area contributed by atoms with Crippen LogP contribution in [0.3, 0.4) is 0 Å². The molecular formula is C15H25NOS. The molecule has 0 saturated carbocycles. The fraction of sp³-hybridized carbons (Fsp3) is 0.600. The second-order valence-electron chi connectivity index (χ2n) is 4.90. The quantitative estimate of drug-likeness (QED) is 0.734. The summed E-state index contributed by atoms with van der Waals surface area (Å²) in [4.78, 5) is 0. The van der Waals surface area contributed by atoms with E-state index in [-0.39, 0.29) is 0 Å². The molecule has 18 heavy (non-hydrogen) atoms. The first-order chi connectivity index (χ1) is 8.65. The lowest BCUT2D eigenvalue weighted by molar-refractivity contribution is 0.468. The summed E-state index contributed by atoms with van der Waals surface area (Å²) in [7, 11) is -0.659. The Bertz CT molecular complexity index is 351. The molecule has 2 nitrogen and oxygen atoms in total. The topological polar surface area (TPSA) is 29.1 Å². The molecule has 0 aliphatic rings. The van der Waals surface area contributed by atoms with Crippen molar-refractivity contribution < 1.29 is 4.21 Å². The number of hydrogen-bond donors (Lipinski definition) is 1. The molecule has 102 valence electrons. The van der Waals surface area contributed by atoms with Crippen LogP contribution in [-0.4, -0.2) is 28.8 Å². The third-order valence-electron chi connectivity index (χ3n) is 3.23. The summed E-state index contributed by atoms with van der Waals surface area (Å²) in [5.41, 5.74) is 1.39. The summed E-state index contributed by atoms with van der Waals surface area (Å²) < 4.78 is 11.3. The summed E-state index contributed by atoms with van der Waals surface area (Å²) in [5, 5.41) is 3.44. The molecule has 1 aromatic rings. The van der Waals surface area contributed by atoms with E-state index in [1.54, 1.807) is 0 Å². The fourth-order valence-electron chi connectivity index (χ4n) is 2.03. The van der Waals surface area contributed by atoms with Crippen LogP contribution in [0.15, 0.2) is 30.3 Å². The Kier molecular flexibility index (Phi) is 7.21. The Hall–Kier alpha value is -0.670. The maximum atomic E-state index is 11.3. The molecule has 3 heteroatoms. The molecule has 0 bridgehead atoms. The molecule has 0 fully saturated rings. The predicted molar refractivity (Wildman–Crippen MR) is 80.4 cm³/mol. The van der Waals surface area contributed by atoms with Crippen LogP contribution >= 0.6 is 0 Å². The third-order valence-corrected chi connectivity index (χ3v) is 4.53. The lowest BCUT2D eigenvalue weighted by Gasteiger charge is -2.22.